The van der Waals surface area contributed by atoms with Crippen LogP contribution in [0.1, 0.15) is 34.7 Å². The summed E-state index contributed by atoms with van der Waals surface area (Å²) in [6, 6.07) is 15.6. The molecule has 3 aromatic rings. The van der Waals surface area contributed by atoms with Crippen LogP contribution in [0.3, 0.4) is 0 Å². The lowest BCUT2D eigenvalue weighted by Gasteiger charge is -2.18. The Morgan fingerprint density at radius 2 is 1.48 bits per heavy atom. The van der Waals surface area contributed by atoms with E-state index in [4.69, 9.17) is 4.74 Å². The number of amides is 1. The highest BCUT2D eigenvalue weighted by Crippen LogP contribution is 2.26. The number of hydrogen-bond acceptors (Lipinski definition) is 4. The molecule has 0 aromatic heterocycles. The molecule has 33 heavy (non-hydrogen) atoms. The first-order chi connectivity index (χ1) is 15.5. The van der Waals surface area contributed by atoms with Crippen molar-refractivity contribution in [2.45, 2.75) is 52.5 Å². The van der Waals surface area contributed by atoms with E-state index in [-0.39, 0.29) is 10.8 Å². The molecule has 2 N–H and O–H groups in total. The molecule has 1 atom stereocenters. The molecule has 0 aliphatic heterocycles. The predicted octanol–water partition coefficient (Wildman–Crippen LogP) is 5.44. The van der Waals surface area contributed by atoms with Crippen LogP contribution >= 0.6 is 0 Å². The zero-order valence-corrected chi connectivity index (χ0v) is 20.6. The maximum Gasteiger partial charge on any atom is 0.265 e. The number of ether oxygens (including phenoxy) is 1. The number of para-hydroxylation sites is 1. The largest absolute Gasteiger partial charge is 0.481 e. The van der Waals surface area contributed by atoms with E-state index < -0.39 is 16.1 Å². The number of hydrogen-bond donors (Lipinski definition) is 2. The molecular formula is C26H30N2O4S. The monoisotopic (exact) mass is 466 g/mol. The molecule has 0 radical (unpaired) electrons. The second-order valence-electron chi connectivity index (χ2n) is 8.35. The van der Waals surface area contributed by atoms with Gasteiger partial charge in [0.1, 0.15) is 5.75 Å². The van der Waals surface area contributed by atoms with Gasteiger partial charge in [-0.25, -0.2) is 8.42 Å². The molecule has 0 aliphatic carbocycles. The minimum Gasteiger partial charge on any atom is -0.481 e. The lowest BCUT2D eigenvalue weighted by Crippen LogP contribution is -2.30. The van der Waals surface area contributed by atoms with Gasteiger partial charge in [-0.05, 0) is 99.7 Å². The van der Waals surface area contributed by atoms with Crippen molar-refractivity contribution < 1.29 is 17.9 Å². The maximum atomic E-state index is 12.8. The lowest BCUT2D eigenvalue weighted by molar-refractivity contribution is -0.122. The van der Waals surface area contributed by atoms with Crippen LogP contribution in [-0.4, -0.2) is 20.4 Å². The minimum atomic E-state index is -3.76. The van der Waals surface area contributed by atoms with Crippen LogP contribution in [0.2, 0.25) is 0 Å². The standard InChI is InChI=1S/C26H30N2O4S/c1-16-14-19(4)20(5)24(15-16)32-21(6)26(29)27-22-10-12-23(13-11-22)33(30,31)28-25-17(2)8-7-9-18(25)3/h7-15,21,28H,1-6H3,(H,27,29)/t21-/m1/s1. The van der Waals surface area contributed by atoms with Gasteiger partial charge >= 0.3 is 0 Å². The highest BCUT2D eigenvalue weighted by molar-refractivity contribution is 7.92. The van der Waals surface area contributed by atoms with Gasteiger partial charge in [0.15, 0.2) is 6.10 Å². The first-order valence-corrected chi connectivity index (χ1v) is 12.2. The number of anilines is 2. The zero-order chi connectivity index (χ0) is 24.3. The van der Waals surface area contributed by atoms with E-state index in [2.05, 4.69) is 16.1 Å². The molecule has 3 rings (SSSR count). The summed E-state index contributed by atoms with van der Waals surface area (Å²) in [6.07, 6.45) is -0.723. The Hall–Kier alpha value is -3.32. The second-order valence-corrected chi connectivity index (χ2v) is 10.0. The summed E-state index contributed by atoms with van der Waals surface area (Å²) in [4.78, 5) is 12.7. The smallest absolute Gasteiger partial charge is 0.265 e. The third-order valence-electron chi connectivity index (χ3n) is 5.59. The molecule has 6 nitrogen and oxygen atoms in total. The molecule has 0 bridgehead atoms. The van der Waals surface area contributed by atoms with E-state index in [0.29, 0.717) is 17.1 Å². The molecule has 0 unspecified atom stereocenters. The van der Waals surface area contributed by atoms with Crippen molar-refractivity contribution in [1.29, 1.82) is 0 Å². The van der Waals surface area contributed by atoms with Gasteiger partial charge in [0, 0.05) is 5.69 Å². The molecule has 0 aliphatic rings. The quantitative estimate of drug-likeness (QED) is 0.486. The van der Waals surface area contributed by atoms with Crippen LogP contribution in [0.25, 0.3) is 0 Å². The van der Waals surface area contributed by atoms with Crippen molar-refractivity contribution in [1.82, 2.24) is 0 Å². The first-order valence-electron chi connectivity index (χ1n) is 10.7. The summed E-state index contributed by atoms with van der Waals surface area (Å²) < 4.78 is 34.2. The van der Waals surface area contributed by atoms with Crippen LogP contribution in [0.15, 0.2) is 59.5 Å². The van der Waals surface area contributed by atoms with Crippen LogP contribution < -0.4 is 14.8 Å². The predicted molar refractivity (Wildman–Crippen MR) is 133 cm³/mol. The molecule has 174 valence electrons. The maximum absolute atomic E-state index is 12.8. The van der Waals surface area contributed by atoms with Crippen molar-refractivity contribution in [2.24, 2.45) is 0 Å². The van der Waals surface area contributed by atoms with Crippen LogP contribution in [-0.2, 0) is 14.8 Å². The average Bonchev–Trinajstić information content (AvgIpc) is 2.74. The molecule has 7 heteroatoms. The first kappa shape index (κ1) is 24.3. The number of benzene rings is 3. The molecule has 0 saturated carbocycles. The Kier molecular flexibility index (Phi) is 7.12. The lowest BCUT2D eigenvalue weighted by atomic mass is 10.1. The van der Waals surface area contributed by atoms with Gasteiger partial charge < -0.3 is 10.1 Å². The van der Waals surface area contributed by atoms with E-state index in [1.165, 1.54) is 12.1 Å². The zero-order valence-electron chi connectivity index (χ0n) is 19.8. The van der Waals surface area contributed by atoms with Crippen molar-refractivity contribution in [3.05, 3.63) is 82.4 Å². The fourth-order valence-electron chi connectivity index (χ4n) is 3.50. The van der Waals surface area contributed by atoms with Gasteiger partial charge in [-0.1, -0.05) is 24.3 Å². The fourth-order valence-corrected chi connectivity index (χ4v) is 4.70. The Bertz CT molecular complexity index is 1260. The molecular weight excluding hydrogens is 436 g/mol. The number of aryl methyl sites for hydroxylation is 4. The number of nitrogens with one attached hydrogen (secondary N) is 2. The topological polar surface area (TPSA) is 84.5 Å². The van der Waals surface area contributed by atoms with Gasteiger partial charge in [0.25, 0.3) is 15.9 Å². The molecule has 0 spiro atoms. The summed E-state index contributed by atoms with van der Waals surface area (Å²) in [5.74, 6) is 0.354. The van der Waals surface area contributed by atoms with E-state index >= 15 is 0 Å². The van der Waals surface area contributed by atoms with Crippen LogP contribution in [0, 0.1) is 34.6 Å². The van der Waals surface area contributed by atoms with Crippen LogP contribution in [0.5, 0.6) is 5.75 Å². The van der Waals surface area contributed by atoms with Gasteiger partial charge in [-0.15, -0.1) is 0 Å². The van der Waals surface area contributed by atoms with Crippen molar-refractivity contribution in [3.63, 3.8) is 0 Å². The molecule has 1 amide bonds. The van der Waals surface area contributed by atoms with E-state index in [1.54, 1.807) is 19.1 Å². The Balaban J connectivity index is 1.69. The summed E-state index contributed by atoms with van der Waals surface area (Å²) in [7, 11) is -3.76. The molecule has 0 heterocycles. The van der Waals surface area contributed by atoms with Crippen molar-refractivity contribution >= 4 is 27.3 Å². The van der Waals surface area contributed by atoms with E-state index in [1.807, 2.05) is 58.9 Å². The summed E-state index contributed by atoms with van der Waals surface area (Å²) in [6.45, 7) is 11.3. The number of sulfonamides is 1. The SMILES string of the molecule is Cc1cc(C)c(C)c(O[C@H](C)C(=O)Nc2ccc(S(=O)(=O)Nc3c(C)cccc3C)cc2)c1. The van der Waals surface area contributed by atoms with Gasteiger partial charge in [0.2, 0.25) is 0 Å². The third-order valence-corrected chi connectivity index (χ3v) is 6.95. The van der Waals surface area contributed by atoms with Gasteiger partial charge in [-0.3, -0.25) is 9.52 Å². The number of carbonyl (C=O) groups excluding carboxylic acids is 1. The number of carbonyl (C=O) groups is 1. The Morgan fingerprint density at radius 1 is 0.879 bits per heavy atom. The van der Waals surface area contributed by atoms with Crippen LogP contribution in [0.4, 0.5) is 11.4 Å². The highest BCUT2D eigenvalue weighted by Gasteiger charge is 2.19. The Labute approximate surface area is 196 Å². The summed E-state index contributed by atoms with van der Waals surface area (Å²) in [5, 5.41) is 2.78. The highest BCUT2D eigenvalue weighted by atomic mass is 32.2. The van der Waals surface area contributed by atoms with E-state index in [0.717, 1.165) is 27.8 Å². The fraction of sp³-hybridized carbons (Fsp3) is 0.269. The Morgan fingerprint density at radius 3 is 2.09 bits per heavy atom. The normalized spacial score (nSPS) is 12.2. The second kappa shape index (κ2) is 9.67. The summed E-state index contributed by atoms with van der Waals surface area (Å²) >= 11 is 0. The minimum absolute atomic E-state index is 0.110. The van der Waals surface area contributed by atoms with Gasteiger partial charge in [0.05, 0.1) is 10.6 Å². The van der Waals surface area contributed by atoms with Crippen molar-refractivity contribution in [3.8, 4) is 5.75 Å². The van der Waals surface area contributed by atoms with Crippen molar-refractivity contribution in [2.75, 3.05) is 10.0 Å². The average molecular weight is 467 g/mol. The molecule has 0 fully saturated rings. The van der Waals surface area contributed by atoms with Gasteiger partial charge in [-0.2, -0.15) is 0 Å². The molecule has 3 aromatic carbocycles. The van der Waals surface area contributed by atoms with E-state index in [9.17, 15) is 13.2 Å². The number of rotatable bonds is 7. The third kappa shape index (κ3) is 5.73. The molecule has 0 saturated heterocycles. The summed E-state index contributed by atoms with van der Waals surface area (Å²) in [5.41, 5.74) is 5.90.